The summed E-state index contributed by atoms with van der Waals surface area (Å²) in [5, 5.41) is 0. The molecule has 1 aliphatic heterocycles. The molecule has 0 N–H and O–H groups in total. The lowest BCUT2D eigenvalue weighted by Gasteiger charge is -2.20. The fourth-order valence-corrected chi connectivity index (χ4v) is 3.06. The summed E-state index contributed by atoms with van der Waals surface area (Å²) < 4.78 is 0. The van der Waals surface area contributed by atoms with Gasteiger partial charge in [-0.25, -0.2) is 9.97 Å². The molecule has 4 nitrogen and oxygen atoms in total. The van der Waals surface area contributed by atoms with Crippen LogP contribution in [0.5, 0.6) is 0 Å². The Morgan fingerprint density at radius 1 is 1.09 bits per heavy atom. The highest BCUT2D eigenvalue weighted by atomic mass is 16.2. The Balaban J connectivity index is 1.54. The van der Waals surface area contributed by atoms with E-state index in [1.165, 1.54) is 24.0 Å². The van der Waals surface area contributed by atoms with Crippen molar-refractivity contribution in [2.45, 2.75) is 38.1 Å². The molecule has 0 bridgehead atoms. The lowest BCUT2D eigenvalue weighted by molar-refractivity contribution is 0.0745. The number of aryl methyl sites for hydroxylation is 1. The Labute approximate surface area is 130 Å². The molecule has 1 saturated carbocycles. The van der Waals surface area contributed by atoms with E-state index in [0.717, 1.165) is 25.2 Å². The van der Waals surface area contributed by atoms with Crippen LogP contribution in [0.15, 0.2) is 36.7 Å². The zero-order chi connectivity index (χ0) is 14.9. The first kappa shape index (κ1) is 13.4. The molecule has 4 heteroatoms. The maximum Gasteiger partial charge on any atom is 0.257 e. The second kappa shape index (κ2) is 5.52. The van der Waals surface area contributed by atoms with Gasteiger partial charge in [0.05, 0.1) is 5.56 Å². The van der Waals surface area contributed by atoms with Gasteiger partial charge in [-0.05, 0) is 36.8 Å². The molecule has 1 aromatic heterocycles. The van der Waals surface area contributed by atoms with Gasteiger partial charge in [0, 0.05) is 31.4 Å². The molecular weight excluding hydrogens is 274 g/mol. The lowest BCUT2D eigenvalue weighted by Crippen LogP contribution is -2.31. The second-order valence-corrected chi connectivity index (χ2v) is 6.20. The summed E-state index contributed by atoms with van der Waals surface area (Å²) in [5.74, 6) is 1.45. The fraction of sp³-hybridized carbons (Fsp3) is 0.389. The topological polar surface area (TPSA) is 46.1 Å². The van der Waals surface area contributed by atoms with Crippen LogP contribution in [-0.2, 0) is 13.0 Å². The largest absolute Gasteiger partial charge is 0.334 e. The molecule has 4 rings (SSSR count). The average Bonchev–Trinajstić information content (AvgIpc) is 3.40. The van der Waals surface area contributed by atoms with Crippen molar-refractivity contribution in [3.63, 3.8) is 0 Å². The quantitative estimate of drug-likeness (QED) is 0.855. The Morgan fingerprint density at radius 3 is 2.55 bits per heavy atom. The molecule has 2 aliphatic rings. The van der Waals surface area contributed by atoms with Gasteiger partial charge in [0.2, 0.25) is 0 Å². The van der Waals surface area contributed by atoms with Crippen LogP contribution in [0.1, 0.15) is 52.5 Å². The number of carbonyl (C=O) groups excluding carboxylic acids is 1. The molecule has 0 saturated heterocycles. The van der Waals surface area contributed by atoms with Crippen molar-refractivity contribution in [1.29, 1.82) is 0 Å². The van der Waals surface area contributed by atoms with Crippen LogP contribution in [0.25, 0.3) is 0 Å². The zero-order valence-electron chi connectivity index (χ0n) is 12.5. The van der Waals surface area contributed by atoms with Crippen molar-refractivity contribution in [3.05, 3.63) is 59.2 Å². The molecule has 0 radical (unpaired) electrons. The van der Waals surface area contributed by atoms with E-state index in [9.17, 15) is 4.79 Å². The molecule has 1 amide bonds. The first-order valence-corrected chi connectivity index (χ1v) is 7.99. The number of amides is 1. The maximum atomic E-state index is 12.7. The molecule has 1 aromatic carbocycles. The van der Waals surface area contributed by atoms with Gasteiger partial charge in [-0.15, -0.1) is 0 Å². The van der Waals surface area contributed by atoms with Crippen molar-refractivity contribution < 1.29 is 4.79 Å². The Morgan fingerprint density at radius 2 is 1.82 bits per heavy atom. The van der Waals surface area contributed by atoms with Gasteiger partial charge < -0.3 is 4.90 Å². The van der Waals surface area contributed by atoms with Crippen molar-refractivity contribution >= 4 is 5.91 Å². The van der Waals surface area contributed by atoms with E-state index < -0.39 is 0 Å². The van der Waals surface area contributed by atoms with E-state index >= 15 is 0 Å². The van der Waals surface area contributed by atoms with Gasteiger partial charge in [0.25, 0.3) is 5.91 Å². The standard InChI is InChI=1S/C18H19N3O/c22-18(16-10-19-17(20-11-16)14-7-8-14)21-9-3-6-13-4-1-2-5-15(13)12-21/h1-2,4-5,10-11,14H,3,6-9,12H2. The van der Waals surface area contributed by atoms with Gasteiger partial charge in [-0.1, -0.05) is 24.3 Å². The predicted octanol–water partition coefficient (Wildman–Crippen LogP) is 2.94. The molecule has 22 heavy (non-hydrogen) atoms. The van der Waals surface area contributed by atoms with Gasteiger partial charge in [-0.3, -0.25) is 4.79 Å². The molecular formula is C18H19N3O. The Hall–Kier alpha value is -2.23. The van der Waals surface area contributed by atoms with E-state index in [0.29, 0.717) is 18.0 Å². The molecule has 0 unspecified atom stereocenters. The van der Waals surface area contributed by atoms with Crippen LogP contribution >= 0.6 is 0 Å². The number of benzene rings is 1. The Bertz CT molecular complexity index is 692. The smallest absolute Gasteiger partial charge is 0.257 e. The number of nitrogens with zero attached hydrogens (tertiary/aromatic N) is 3. The number of rotatable bonds is 2. The number of carbonyl (C=O) groups is 1. The van der Waals surface area contributed by atoms with E-state index in [1.54, 1.807) is 12.4 Å². The fourth-order valence-electron chi connectivity index (χ4n) is 3.06. The minimum absolute atomic E-state index is 0.0408. The second-order valence-electron chi connectivity index (χ2n) is 6.20. The third-order valence-corrected chi connectivity index (χ3v) is 4.50. The first-order valence-electron chi connectivity index (χ1n) is 7.99. The summed E-state index contributed by atoms with van der Waals surface area (Å²) in [4.78, 5) is 23.4. The molecule has 2 aromatic rings. The van der Waals surface area contributed by atoms with Crippen LogP contribution in [-0.4, -0.2) is 27.3 Å². The summed E-state index contributed by atoms with van der Waals surface area (Å²) >= 11 is 0. The average molecular weight is 293 g/mol. The SMILES string of the molecule is O=C(c1cnc(C2CC2)nc1)N1CCCc2ccccc2C1. The normalized spacial score (nSPS) is 17.7. The van der Waals surface area contributed by atoms with E-state index in [2.05, 4.69) is 28.2 Å². The van der Waals surface area contributed by atoms with Crippen LogP contribution < -0.4 is 0 Å². The third-order valence-electron chi connectivity index (χ3n) is 4.50. The molecule has 0 spiro atoms. The van der Waals surface area contributed by atoms with Crippen molar-refractivity contribution in [1.82, 2.24) is 14.9 Å². The molecule has 1 aliphatic carbocycles. The van der Waals surface area contributed by atoms with Crippen LogP contribution in [0.2, 0.25) is 0 Å². The summed E-state index contributed by atoms with van der Waals surface area (Å²) in [6.07, 6.45) is 7.78. The van der Waals surface area contributed by atoms with Crippen molar-refractivity contribution in [2.75, 3.05) is 6.54 Å². The summed E-state index contributed by atoms with van der Waals surface area (Å²) in [7, 11) is 0. The van der Waals surface area contributed by atoms with Gasteiger partial charge in [0.1, 0.15) is 5.82 Å². The molecule has 112 valence electrons. The molecule has 2 heterocycles. The molecule has 0 atom stereocenters. The summed E-state index contributed by atoms with van der Waals surface area (Å²) in [6.45, 7) is 1.47. The number of hydrogen-bond acceptors (Lipinski definition) is 3. The number of aromatic nitrogens is 2. The zero-order valence-corrected chi connectivity index (χ0v) is 12.5. The minimum atomic E-state index is 0.0408. The van der Waals surface area contributed by atoms with Crippen molar-refractivity contribution in [2.24, 2.45) is 0 Å². The highest BCUT2D eigenvalue weighted by Crippen LogP contribution is 2.37. The van der Waals surface area contributed by atoms with Crippen molar-refractivity contribution in [3.8, 4) is 0 Å². The minimum Gasteiger partial charge on any atom is -0.334 e. The van der Waals surface area contributed by atoms with Gasteiger partial charge in [-0.2, -0.15) is 0 Å². The molecule has 1 fully saturated rings. The maximum absolute atomic E-state index is 12.7. The lowest BCUT2D eigenvalue weighted by atomic mass is 10.0. The summed E-state index contributed by atoms with van der Waals surface area (Å²) in [6, 6.07) is 8.39. The number of fused-ring (bicyclic) bond motifs is 1. The van der Waals surface area contributed by atoms with Gasteiger partial charge >= 0.3 is 0 Å². The van der Waals surface area contributed by atoms with Crippen LogP contribution in [0.3, 0.4) is 0 Å². The Kier molecular flexibility index (Phi) is 3.37. The summed E-state index contributed by atoms with van der Waals surface area (Å²) in [5.41, 5.74) is 3.21. The third kappa shape index (κ3) is 2.61. The van der Waals surface area contributed by atoms with Crippen LogP contribution in [0.4, 0.5) is 0 Å². The van der Waals surface area contributed by atoms with E-state index in [4.69, 9.17) is 0 Å². The van der Waals surface area contributed by atoms with E-state index in [1.807, 2.05) is 11.0 Å². The van der Waals surface area contributed by atoms with E-state index in [-0.39, 0.29) is 5.91 Å². The number of hydrogen-bond donors (Lipinski definition) is 0. The highest BCUT2D eigenvalue weighted by Gasteiger charge is 2.27. The first-order chi connectivity index (χ1) is 10.8. The van der Waals surface area contributed by atoms with Crippen LogP contribution in [0, 0.1) is 0 Å². The highest BCUT2D eigenvalue weighted by molar-refractivity contribution is 5.93. The predicted molar refractivity (Wildman–Crippen MR) is 83.5 cm³/mol. The monoisotopic (exact) mass is 293 g/mol. The van der Waals surface area contributed by atoms with Gasteiger partial charge in [0.15, 0.2) is 0 Å².